The molecule has 0 saturated carbocycles. The van der Waals surface area contributed by atoms with Crippen LogP contribution in [-0.2, 0) is 27.4 Å². The molecule has 156 valence electrons. The number of esters is 1. The summed E-state index contributed by atoms with van der Waals surface area (Å²) < 4.78 is 19.8. The van der Waals surface area contributed by atoms with Crippen LogP contribution in [-0.4, -0.2) is 39.5 Å². The van der Waals surface area contributed by atoms with Crippen LogP contribution in [0.3, 0.4) is 0 Å². The fourth-order valence-corrected chi connectivity index (χ4v) is 3.08. The molecule has 0 aliphatic rings. The number of likely N-dealkylation sites (N-methyl/N-ethyl adjacent to an activating group) is 1. The van der Waals surface area contributed by atoms with E-state index in [-0.39, 0.29) is 30.9 Å². The second-order valence-electron chi connectivity index (χ2n) is 6.97. The Labute approximate surface area is 172 Å². The molecule has 1 heterocycles. The molecule has 30 heavy (non-hydrogen) atoms. The molecular weight excluding hydrogens is 389 g/mol. The van der Waals surface area contributed by atoms with Crippen molar-refractivity contribution in [2.45, 2.75) is 32.5 Å². The lowest BCUT2D eigenvalue weighted by molar-refractivity contribution is -0.158. The number of carbonyl (C=O) groups excluding carboxylic acids is 2. The van der Waals surface area contributed by atoms with E-state index >= 15 is 0 Å². The smallest absolute Gasteiger partial charge is 0.308 e. The summed E-state index contributed by atoms with van der Waals surface area (Å²) in [5.74, 6) is -1.39. The summed E-state index contributed by atoms with van der Waals surface area (Å²) in [6.45, 7) is 1.76. The van der Waals surface area contributed by atoms with Gasteiger partial charge in [-0.05, 0) is 36.8 Å². The SMILES string of the molecule is CC(OC(=O)CCn1cnc2ccccc2c1=O)C(=O)N(C)Cc1cccc(F)c1. The van der Waals surface area contributed by atoms with E-state index in [9.17, 15) is 18.8 Å². The number of hydrogen-bond donors (Lipinski definition) is 0. The molecule has 1 amide bonds. The predicted octanol–water partition coefficient (Wildman–Crippen LogP) is 2.52. The molecule has 7 nitrogen and oxygen atoms in total. The Morgan fingerprint density at radius 3 is 2.73 bits per heavy atom. The van der Waals surface area contributed by atoms with Gasteiger partial charge in [0.25, 0.3) is 11.5 Å². The molecule has 2 aromatic carbocycles. The van der Waals surface area contributed by atoms with Gasteiger partial charge in [0.15, 0.2) is 6.10 Å². The first kappa shape index (κ1) is 21.2. The van der Waals surface area contributed by atoms with Gasteiger partial charge in [-0.3, -0.25) is 19.0 Å². The summed E-state index contributed by atoms with van der Waals surface area (Å²) in [6, 6.07) is 12.9. The zero-order valence-electron chi connectivity index (χ0n) is 16.7. The van der Waals surface area contributed by atoms with E-state index in [1.165, 1.54) is 34.9 Å². The number of benzene rings is 2. The number of aryl methyl sites for hydroxylation is 1. The molecule has 1 unspecified atom stereocenters. The Hall–Kier alpha value is -3.55. The molecule has 0 bridgehead atoms. The minimum atomic E-state index is -0.998. The van der Waals surface area contributed by atoms with Crippen molar-refractivity contribution in [3.63, 3.8) is 0 Å². The topological polar surface area (TPSA) is 81.5 Å². The molecule has 1 aromatic heterocycles. The monoisotopic (exact) mass is 411 g/mol. The van der Waals surface area contributed by atoms with Crippen LogP contribution in [0.5, 0.6) is 0 Å². The summed E-state index contributed by atoms with van der Waals surface area (Å²) in [4.78, 5) is 42.6. The number of para-hydroxylation sites is 1. The van der Waals surface area contributed by atoms with Crippen molar-refractivity contribution in [1.29, 1.82) is 0 Å². The fourth-order valence-electron chi connectivity index (χ4n) is 3.08. The van der Waals surface area contributed by atoms with Crippen molar-refractivity contribution < 1.29 is 18.7 Å². The Kier molecular flexibility index (Phi) is 6.56. The molecule has 0 radical (unpaired) electrons. The molecule has 0 saturated heterocycles. The minimum absolute atomic E-state index is 0.0782. The third-order valence-corrected chi connectivity index (χ3v) is 4.63. The summed E-state index contributed by atoms with van der Waals surface area (Å²) in [5, 5.41) is 0.468. The van der Waals surface area contributed by atoms with Crippen molar-refractivity contribution in [3.8, 4) is 0 Å². The van der Waals surface area contributed by atoms with Crippen LogP contribution in [0.2, 0.25) is 0 Å². The van der Waals surface area contributed by atoms with Gasteiger partial charge in [0.1, 0.15) is 5.82 Å². The molecule has 3 aromatic rings. The Morgan fingerprint density at radius 2 is 1.97 bits per heavy atom. The van der Waals surface area contributed by atoms with Crippen molar-refractivity contribution >= 4 is 22.8 Å². The first-order valence-corrected chi connectivity index (χ1v) is 9.48. The van der Waals surface area contributed by atoms with E-state index in [1.807, 2.05) is 0 Å². The van der Waals surface area contributed by atoms with Gasteiger partial charge in [-0.15, -0.1) is 0 Å². The first-order valence-electron chi connectivity index (χ1n) is 9.48. The molecule has 1 atom stereocenters. The average molecular weight is 411 g/mol. The van der Waals surface area contributed by atoms with Gasteiger partial charge in [-0.2, -0.15) is 0 Å². The number of amides is 1. The van der Waals surface area contributed by atoms with E-state index < -0.39 is 18.0 Å². The second kappa shape index (κ2) is 9.30. The first-order chi connectivity index (χ1) is 14.3. The van der Waals surface area contributed by atoms with Crippen molar-refractivity contribution in [2.75, 3.05) is 7.05 Å². The van der Waals surface area contributed by atoms with Gasteiger partial charge < -0.3 is 9.64 Å². The number of carbonyl (C=O) groups is 2. The standard InChI is InChI=1S/C22H22FN3O4/c1-15(21(28)25(2)13-16-6-5-7-17(23)12-16)30-20(27)10-11-26-14-24-19-9-4-3-8-18(19)22(26)29/h3-9,12,14-15H,10-11,13H2,1-2H3. The lowest BCUT2D eigenvalue weighted by atomic mass is 10.2. The van der Waals surface area contributed by atoms with E-state index in [1.54, 1.807) is 43.4 Å². The van der Waals surface area contributed by atoms with Gasteiger partial charge in [0, 0.05) is 20.1 Å². The summed E-state index contributed by atoms with van der Waals surface area (Å²) in [5.41, 5.74) is 0.974. The van der Waals surface area contributed by atoms with Crippen molar-refractivity contribution in [3.05, 3.63) is 76.6 Å². The highest BCUT2D eigenvalue weighted by molar-refractivity contribution is 5.83. The number of rotatable bonds is 7. The fraction of sp³-hybridized carbons (Fsp3) is 0.273. The van der Waals surface area contributed by atoms with E-state index in [2.05, 4.69) is 4.98 Å². The third kappa shape index (κ3) is 5.08. The summed E-state index contributed by atoms with van der Waals surface area (Å²) in [6.07, 6.45) is 0.312. The van der Waals surface area contributed by atoms with Crippen LogP contribution in [0.15, 0.2) is 59.7 Å². The van der Waals surface area contributed by atoms with Crippen LogP contribution in [0, 0.1) is 5.82 Å². The predicted molar refractivity (Wildman–Crippen MR) is 109 cm³/mol. The van der Waals surface area contributed by atoms with Gasteiger partial charge in [0.2, 0.25) is 0 Å². The zero-order valence-corrected chi connectivity index (χ0v) is 16.7. The van der Waals surface area contributed by atoms with Gasteiger partial charge in [-0.25, -0.2) is 9.37 Å². The van der Waals surface area contributed by atoms with Crippen LogP contribution in [0.1, 0.15) is 18.9 Å². The number of halogens is 1. The maximum absolute atomic E-state index is 13.3. The van der Waals surface area contributed by atoms with E-state index in [0.717, 1.165) is 0 Å². The lowest BCUT2D eigenvalue weighted by Crippen LogP contribution is -2.37. The molecular formula is C22H22FN3O4. The van der Waals surface area contributed by atoms with Crippen molar-refractivity contribution in [1.82, 2.24) is 14.5 Å². The highest BCUT2D eigenvalue weighted by Crippen LogP contribution is 2.09. The Bertz CT molecular complexity index is 1130. The molecule has 8 heteroatoms. The van der Waals surface area contributed by atoms with Crippen LogP contribution in [0.4, 0.5) is 4.39 Å². The average Bonchev–Trinajstić information content (AvgIpc) is 2.73. The number of ether oxygens (including phenoxy) is 1. The Balaban J connectivity index is 1.54. The highest BCUT2D eigenvalue weighted by Gasteiger charge is 2.21. The van der Waals surface area contributed by atoms with Crippen LogP contribution in [0.25, 0.3) is 10.9 Å². The number of nitrogens with zero attached hydrogens (tertiary/aromatic N) is 3. The molecule has 0 aliphatic heterocycles. The van der Waals surface area contributed by atoms with Crippen LogP contribution < -0.4 is 5.56 Å². The maximum Gasteiger partial charge on any atom is 0.308 e. The van der Waals surface area contributed by atoms with Crippen molar-refractivity contribution in [2.24, 2.45) is 0 Å². The third-order valence-electron chi connectivity index (χ3n) is 4.63. The lowest BCUT2D eigenvalue weighted by Gasteiger charge is -2.21. The molecule has 0 aliphatic carbocycles. The normalized spacial score (nSPS) is 11.8. The Morgan fingerprint density at radius 1 is 1.20 bits per heavy atom. The quantitative estimate of drug-likeness (QED) is 0.558. The second-order valence-corrected chi connectivity index (χ2v) is 6.97. The summed E-state index contributed by atoms with van der Waals surface area (Å²) in [7, 11) is 1.55. The molecule has 0 N–H and O–H groups in total. The van der Waals surface area contributed by atoms with E-state index in [0.29, 0.717) is 16.5 Å². The van der Waals surface area contributed by atoms with E-state index in [4.69, 9.17) is 4.74 Å². The van der Waals surface area contributed by atoms with Gasteiger partial charge in [-0.1, -0.05) is 24.3 Å². The molecule has 3 rings (SSSR count). The van der Waals surface area contributed by atoms with Gasteiger partial charge >= 0.3 is 5.97 Å². The zero-order chi connectivity index (χ0) is 21.7. The number of hydrogen-bond acceptors (Lipinski definition) is 5. The molecule has 0 spiro atoms. The molecule has 0 fully saturated rings. The summed E-state index contributed by atoms with van der Waals surface area (Å²) >= 11 is 0. The number of fused-ring (bicyclic) bond motifs is 1. The van der Waals surface area contributed by atoms with Crippen LogP contribution >= 0.6 is 0 Å². The largest absolute Gasteiger partial charge is 0.452 e. The minimum Gasteiger partial charge on any atom is -0.452 e. The maximum atomic E-state index is 13.3. The highest BCUT2D eigenvalue weighted by atomic mass is 19.1. The van der Waals surface area contributed by atoms with Gasteiger partial charge in [0.05, 0.1) is 23.7 Å². The number of aromatic nitrogens is 2.